The second kappa shape index (κ2) is 9.61. The molecule has 2 aliphatic heterocycles. The number of aromatic nitrogens is 1. The van der Waals surface area contributed by atoms with Crippen LogP contribution in [-0.2, 0) is 17.6 Å². The number of pyridine rings is 1. The molecule has 0 aliphatic carbocycles. The number of fused-ring (bicyclic) bond motifs is 3. The predicted molar refractivity (Wildman–Crippen MR) is 147 cm³/mol. The molecule has 0 amide bonds. The molecule has 1 atom stereocenters. The van der Waals surface area contributed by atoms with Gasteiger partial charge in [0.2, 0.25) is 0 Å². The van der Waals surface area contributed by atoms with Crippen molar-refractivity contribution in [2.45, 2.75) is 73.4 Å². The number of esters is 1. The molecule has 0 fully saturated rings. The maximum Gasteiger partial charge on any atom is 0.343 e. The van der Waals surface area contributed by atoms with Crippen LogP contribution >= 0.6 is 0 Å². The molecule has 3 heterocycles. The maximum atomic E-state index is 13.0. The molecule has 0 spiro atoms. The zero-order valence-corrected chi connectivity index (χ0v) is 22.6. The third-order valence-corrected chi connectivity index (χ3v) is 7.24. The number of allylic oxidation sites excluding steroid dienone is 3. The van der Waals surface area contributed by atoms with Crippen LogP contribution in [0.5, 0.6) is 0 Å². The first kappa shape index (κ1) is 25.7. The minimum absolute atomic E-state index is 0.0805. The van der Waals surface area contributed by atoms with Crippen LogP contribution in [0.4, 0.5) is 0 Å². The van der Waals surface area contributed by atoms with Gasteiger partial charge in [-0.25, -0.2) is 4.79 Å². The van der Waals surface area contributed by atoms with Gasteiger partial charge in [0.05, 0.1) is 12.3 Å². The van der Waals surface area contributed by atoms with E-state index in [9.17, 15) is 9.59 Å². The molecule has 190 valence electrons. The summed E-state index contributed by atoms with van der Waals surface area (Å²) < 4.78 is 7.29. The smallest absolute Gasteiger partial charge is 0.343 e. The first-order valence-electron chi connectivity index (χ1n) is 12.9. The van der Waals surface area contributed by atoms with E-state index in [4.69, 9.17) is 4.74 Å². The SMILES string of the molecule is C=C1C=CC(c2cc3c(cc2CC)-c2cc(=O)c(C(=O)OCC)cn2C(C(C)(C)C)C3)=CN1C(C)C. The Morgan fingerprint density at radius 2 is 1.86 bits per heavy atom. The Labute approximate surface area is 214 Å². The summed E-state index contributed by atoms with van der Waals surface area (Å²) in [5.41, 5.74) is 7.46. The van der Waals surface area contributed by atoms with E-state index >= 15 is 0 Å². The third-order valence-electron chi connectivity index (χ3n) is 7.24. The third kappa shape index (κ3) is 4.59. The summed E-state index contributed by atoms with van der Waals surface area (Å²) in [4.78, 5) is 27.7. The Hall–Kier alpha value is -3.34. The van der Waals surface area contributed by atoms with Crippen LogP contribution in [0, 0.1) is 5.41 Å². The Morgan fingerprint density at radius 1 is 1.14 bits per heavy atom. The lowest BCUT2D eigenvalue weighted by atomic mass is 9.77. The molecule has 0 radical (unpaired) electrons. The van der Waals surface area contributed by atoms with E-state index in [1.165, 1.54) is 22.3 Å². The van der Waals surface area contributed by atoms with Gasteiger partial charge >= 0.3 is 5.97 Å². The molecule has 0 saturated carbocycles. The first-order chi connectivity index (χ1) is 17.0. The second-order valence-corrected chi connectivity index (χ2v) is 11.1. The Bertz CT molecular complexity index is 1330. The number of aryl methyl sites for hydroxylation is 1. The van der Waals surface area contributed by atoms with E-state index < -0.39 is 5.97 Å². The highest BCUT2D eigenvalue weighted by atomic mass is 16.5. The molecule has 5 heteroatoms. The lowest BCUT2D eigenvalue weighted by molar-refractivity contribution is 0.0523. The summed E-state index contributed by atoms with van der Waals surface area (Å²) in [6.07, 6.45) is 9.82. The monoisotopic (exact) mass is 486 g/mol. The van der Waals surface area contributed by atoms with Crippen molar-refractivity contribution >= 4 is 11.5 Å². The summed E-state index contributed by atoms with van der Waals surface area (Å²) in [6.45, 7) is 19.3. The van der Waals surface area contributed by atoms with Crippen LogP contribution < -0.4 is 5.43 Å². The Kier molecular flexibility index (Phi) is 6.87. The molecule has 0 saturated heterocycles. The lowest BCUT2D eigenvalue weighted by Crippen LogP contribution is -2.33. The number of carbonyl (C=O) groups is 1. The van der Waals surface area contributed by atoms with Crippen LogP contribution in [0.3, 0.4) is 0 Å². The topological polar surface area (TPSA) is 51.5 Å². The standard InChI is InChI=1S/C31H38N2O3/c1-9-21-13-25-23(14-24(21)22-12-11-20(5)32(17-22)19(3)4)15-29(31(6,7)8)33-18-26(30(35)36-10-2)28(34)16-27(25)33/h11-14,16-19,29H,5,9-10,15H2,1-4,6-8H3. The molecule has 1 aromatic carbocycles. The van der Waals surface area contributed by atoms with Crippen molar-refractivity contribution in [3.05, 3.63) is 87.5 Å². The van der Waals surface area contributed by atoms with E-state index in [1.54, 1.807) is 19.2 Å². The molecule has 2 aromatic rings. The van der Waals surface area contributed by atoms with E-state index in [0.29, 0.717) is 6.04 Å². The molecule has 36 heavy (non-hydrogen) atoms. The number of benzene rings is 1. The highest BCUT2D eigenvalue weighted by Crippen LogP contribution is 2.44. The Morgan fingerprint density at radius 3 is 2.47 bits per heavy atom. The van der Waals surface area contributed by atoms with Crippen molar-refractivity contribution in [1.82, 2.24) is 9.47 Å². The van der Waals surface area contributed by atoms with Gasteiger partial charge in [-0.1, -0.05) is 46.4 Å². The average Bonchev–Trinajstić information content (AvgIpc) is 2.82. The van der Waals surface area contributed by atoms with Crippen LogP contribution in [0.15, 0.2) is 59.8 Å². The summed E-state index contributed by atoms with van der Waals surface area (Å²) in [5, 5.41) is 0. The first-order valence-corrected chi connectivity index (χ1v) is 12.9. The molecule has 2 aliphatic rings. The maximum absolute atomic E-state index is 13.0. The van der Waals surface area contributed by atoms with Gasteiger partial charge < -0.3 is 14.2 Å². The van der Waals surface area contributed by atoms with Crippen molar-refractivity contribution < 1.29 is 9.53 Å². The van der Waals surface area contributed by atoms with Crippen LogP contribution in [0.25, 0.3) is 16.8 Å². The number of hydrogen-bond acceptors (Lipinski definition) is 4. The van der Waals surface area contributed by atoms with Crippen LogP contribution in [0.2, 0.25) is 0 Å². The van der Waals surface area contributed by atoms with Crippen molar-refractivity contribution in [2.75, 3.05) is 6.61 Å². The molecule has 5 nitrogen and oxygen atoms in total. The van der Waals surface area contributed by atoms with Crippen molar-refractivity contribution in [2.24, 2.45) is 5.41 Å². The fraction of sp³-hybridized carbons (Fsp3) is 0.419. The van der Waals surface area contributed by atoms with Crippen LogP contribution in [0.1, 0.15) is 81.6 Å². The molecule has 0 N–H and O–H groups in total. The van der Waals surface area contributed by atoms with Gasteiger partial charge in [0.15, 0.2) is 5.43 Å². The summed E-state index contributed by atoms with van der Waals surface area (Å²) in [5.74, 6) is -0.562. The summed E-state index contributed by atoms with van der Waals surface area (Å²) in [6, 6.07) is 6.56. The minimum atomic E-state index is -0.562. The second-order valence-electron chi connectivity index (χ2n) is 11.1. The predicted octanol–water partition coefficient (Wildman–Crippen LogP) is 6.53. The van der Waals surface area contributed by atoms with Crippen molar-refractivity contribution in [3.8, 4) is 11.3 Å². The summed E-state index contributed by atoms with van der Waals surface area (Å²) in [7, 11) is 0. The molecule has 1 unspecified atom stereocenters. The van der Waals surface area contributed by atoms with E-state index in [-0.39, 0.29) is 29.1 Å². The van der Waals surface area contributed by atoms with Crippen molar-refractivity contribution in [1.29, 1.82) is 0 Å². The van der Waals surface area contributed by atoms with Crippen molar-refractivity contribution in [3.63, 3.8) is 0 Å². The molecule has 1 aromatic heterocycles. The van der Waals surface area contributed by atoms with Gasteiger partial charge in [-0.3, -0.25) is 4.79 Å². The number of carbonyl (C=O) groups excluding carboxylic acids is 1. The molecule has 0 bridgehead atoms. The minimum Gasteiger partial charge on any atom is -0.462 e. The molecular formula is C31H38N2O3. The molecule has 4 rings (SSSR count). The average molecular weight is 487 g/mol. The zero-order chi connectivity index (χ0) is 26.4. The fourth-order valence-electron chi connectivity index (χ4n) is 5.26. The Balaban J connectivity index is 1.92. The van der Waals surface area contributed by atoms with Gasteiger partial charge in [-0.15, -0.1) is 0 Å². The van der Waals surface area contributed by atoms with E-state index in [1.807, 2.05) is 0 Å². The molecular weight excluding hydrogens is 448 g/mol. The highest BCUT2D eigenvalue weighted by molar-refractivity contribution is 5.89. The normalized spacial score (nSPS) is 17.1. The number of nitrogens with zero attached hydrogens (tertiary/aromatic N) is 2. The highest BCUT2D eigenvalue weighted by Gasteiger charge is 2.34. The lowest BCUT2D eigenvalue weighted by Gasteiger charge is -2.39. The number of ether oxygens (including phenoxy) is 1. The fourth-order valence-corrected chi connectivity index (χ4v) is 5.26. The van der Waals surface area contributed by atoms with Gasteiger partial charge in [0, 0.05) is 41.8 Å². The number of rotatable bonds is 5. The van der Waals surface area contributed by atoms with E-state index in [0.717, 1.165) is 29.8 Å². The van der Waals surface area contributed by atoms with Gasteiger partial charge in [-0.05, 0) is 73.4 Å². The van der Waals surface area contributed by atoms with Crippen LogP contribution in [-0.4, -0.2) is 28.1 Å². The van der Waals surface area contributed by atoms with Gasteiger partial charge in [0.1, 0.15) is 5.56 Å². The van der Waals surface area contributed by atoms with E-state index in [2.05, 4.69) is 88.1 Å². The summed E-state index contributed by atoms with van der Waals surface area (Å²) >= 11 is 0. The van der Waals surface area contributed by atoms with Gasteiger partial charge in [-0.2, -0.15) is 0 Å². The zero-order valence-electron chi connectivity index (χ0n) is 22.6. The number of hydrogen-bond donors (Lipinski definition) is 0. The van der Waals surface area contributed by atoms with Gasteiger partial charge in [0.25, 0.3) is 0 Å². The largest absolute Gasteiger partial charge is 0.462 e. The quantitative estimate of drug-likeness (QED) is 0.451.